The highest BCUT2D eigenvalue weighted by atomic mass is 16.3. The van der Waals surface area contributed by atoms with E-state index in [2.05, 4.69) is 23.2 Å². The number of nitrogens with zero attached hydrogens (tertiary/aromatic N) is 4. The Morgan fingerprint density at radius 2 is 2.19 bits per heavy atom. The zero-order valence-corrected chi connectivity index (χ0v) is 16.3. The summed E-state index contributed by atoms with van der Waals surface area (Å²) in [6.45, 7) is 3.79. The number of carbonyl (C=O) groups excluding carboxylic acids is 1. The molecule has 1 aliphatic heterocycles. The molecule has 0 aliphatic carbocycles. The van der Waals surface area contributed by atoms with Crippen molar-refractivity contribution in [2.75, 3.05) is 27.2 Å². The SMILES string of the molecule is Cc1ccc(CCC(=O)N(C)C[C@@H]2CCCN(C)[C@H]2c2cnn(C)c2)o1. The van der Waals surface area contributed by atoms with Crippen LogP contribution in [0.2, 0.25) is 0 Å². The van der Waals surface area contributed by atoms with Crippen LogP contribution in [0.4, 0.5) is 0 Å². The van der Waals surface area contributed by atoms with Gasteiger partial charge in [-0.2, -0.15) is 5.10 Å². The number of furan rings is 1. The van der Waals surface area contributed by atoms with Crippen LogP contribution in [0.1, 0.15) is 42.4 Å². The van der Waals surface area contributed by atoms with Crippen LogP contribution in [0.3, 0.4) is 0 Å². The molecule has 3 rings (SSSR count). The molecule has 2 aromatic heterocycles. The third-order valence-electron chi connectivity index (χ3n) is 5.39. The number of carbonyl (C=O) groups is 1. The van der Waals surface area contributed by atoms with Gasteiger partial charge >= 0.3 is 0 Å². The summed E-state index contributed by atoms with van der Waals surface area (Å²) in [4.78, 5) is 16.9. The molecule has 6 heteroatoms. The normalized spacial score (nSPS) is 21.1. The van der Waals surface area contributed by atoms with E-state index < -0.39 is 0 Å². The number of hydrogen-bond acceptors (Lipinski definition) is 4. The van der Waals surface area contributed by atoms with Crippen LogP contribution in [0.15, 0.2) is 28.9 Å². The fraction of sp³-hybridized carbons (Fsp3) is 0.600. The van der Waals surface area contributed by atoms with Crippen LogP contribution in [0.5, 0.6) is 0 Å². The van der Waals surface area contributed by atoms with Crippen molar-refractivity contribution in [1.29, 1.82) is 0 Å². The molecule has 0 saturated carbocycles. The number of aromatic nitrogens is 2. The van der Waals surface area contributed by atoms with Crippen molar-refractivity contribution in [1.82, 2.24) is 19.6 Å². The molecule has 3 heterocycles. The van der Waals surface area contributed by atoms with Crippen molar-refractivity contribution in [3.63, 3.8) is 0 Å². The van der Waals surface area contributed by atoms with Crippen LogP contribution in [-0.2, 0) is 18.3 Å². The Morgan fingerprint density at radius 3 is 2.85 bits per heavy atom. The van der Waals surface area contributed by atoms with E-state index in [1.807, 2.05) is 48.9 Å². The minimum Gasteiger partial charge on any atom is -0.466 e. The van der Waals surface area contributed by atoms with Gasteiger partial charge in [-0.25, -0.2) is 0 Å². The summed E-state index contributed by atoms with van der Waals surface area (Å²) in [5.74, 6) is 2.38. The fourth-order valence-corrected chi connectivity index (χ4v) is 4.06. The maximum Gasteiger partial charge on any atom is 0.222 e. The van der Waals surface area contributed by atoms with Crippen LogP contribution in [-0.4, -0.2) is 52.7 Å². The standard InChI is InChI=1S/C20H30N4O2/c1-15-7-8-18(26-15)9-10-19(25)23(3)13-16-6-5-11-22(2)20(16)17-12-21-24(4)14-17/h7-8,12,14,16,20H,5-6,9-11,13H2,1-4H3/t16-,20+/m0/s1. The van der Waals surface area contributed by atoms with E-state index in [4.69, 9.17) is 4.42 Å². The molecule has 0 unspecified atom stereocenters. The lowest BCUT2D eigenvalue weighted by molar-refractivity contribution is -0.131. The molecule has 26 heavy (non-hydrogen) atoms. The topological polar surface area (TPSA) is 54.5 Å². The molecule has 142 valence electrons. The highest BCUT2D eigenvalue weighted by Crippen LogP contribution is 2.35. The summed E-state index contributed by atoms with van der Waals surface area (Å²) in [7, 11) is 6.04. The molecule has 1 aliphatic rings. The Labute approximate surface area is 155 Å². The Morgan fingerprint density at radius 1 is 1.38 bits per heavy atom. The third kappa shape index (κ3) is 4.36. The average molecular weight is 358 g/mol. The van der Waals surface area contributed by atoms with E-state index in [0.29, 0.717) is 24.8 Å². The van der Waals surface area contributed by atoms with Gasteiger partial charge in [0.15, 0.2) is 0 Å². The summed E-state index contributed by atoms with van der Waals surface area (Å²) < 4.78 is 7.42. The van der Waals surface area contributed by atoms with Gasteiger partial charge in [0, 0.05) is 51.3 Å². The maximum atomic E-state index is 12.6. The molecular weight excluding hydrogens is 328 g/mol. The first-order chi connectivity index (χ1) is 12.4. The second-order valence-corrected chi connectivity index (χ2v) is 7.56. The van der Waals surface area contributed by atoms with Gasteiger partial charge in [-0.05, 0) is 51.4 Å². The maximum absolute atomic E-state index is 12.6. The van der Waals surface area contributed by atoms with Crippen LogP contribution >= 0.6 is 0 Å². The quantitative estimate of drug-likeness (QED) is 0.797. The van der Waals surface area contributed by atoms with Gasteiger partial charge < -0.3 is 9.32 Å². The van der Waals surface area contributed by atoms with Crippen LogP contribution < -0.4 is 0 Å². The number of rotatable bonds is 6. The van der Waals surface area contributed by atoms with Crippen molar-refractivity contribution in [2.45, 2.75) is 38.6 Å². The lowest BCUT2D eigenvalue weighted by Gasteiger charge is -2.40. The molecule has 1 saturated heterocycles. The van der Waals surface area contributed by atoms with E-state index in [9.17, 15) is 4.79 Å². The zero-order valence-electron chi connectivity index (χ0n) is 16.3. The number of aryl methyl sites for hydroxylation is 3. The van der Waals surface area contributed by atoms with Gasteiger partial charge in [0.25, 0.3) is 0 Å². The predicted molar refractivity (Wildman–Crippen MR) is 101 cm³/mol. The Kier molecular flexibility index (Phi) is 5.81. The largest absolute Gasteiger partial charge is 0.466 e. The Hall–Kier alpha value is -2.08. The highest BCUT2D eigenvalue weighted by Gasteiger charge is 2.32. The van der Waals surface area contributed by atoms with E-state index in [1.165, 1.54) is 12.0 Å². The van der Waals surface area contributed by atoms with E-state index in [1.54, 1.807) is 0 Å². The molecule has 0 aromatic carbocycles. The summed E-state index contributed by atoms with van der Waals surface area (Å²) >= 11 is 0. The third-order valence-corrected chi connectivity index (χ3v) is 5.39. The first-order valence-electron chi connectivity index (χ1n) is 9.42. The molecular formula is C20H30N4O2. The zero-order chi connectivity index (χ0) is 18.7. The first-order valence-corrected chi connectivity index (χ1v) is 9.42. The average Bonchev–Trinajstić information content (AvgIpc) is 3.21. The molecule has 0 N–H and O–H groups in total. The summed E-state index contributed by atoms with van der Waals surface area (Å²) in [5, 5.41) is 4.34. The van der Waals surface area contributed by atoms with Crippen molar-refractivity contribution in [3.8, 4) is 0 Å². The van der Waals surface area contributed by atoms with E-state index in [0.717, 1.165) is 31.0 Å². The monoisotopic (exact) mass is 358 g/mol. The van der Waals surface area contributed by atoms with Gasteiger partial charge in [0.05, 0.1) is 6.20 Å². The van der Waals surface area contributed by atoms with Gasteiger partial charge in [0.1, 0.15) is 11.5 Å². The first kappa shape index (κ1) is 18.7. The molecule has 1 amide bonds. The van der Waals surface area contributed by atoms with Crippen LogP contribution in [0.25, 0.3) is 0 Å². The fourth-order valence-electron chi connectivity index (χ4n) is 4.06. The molecule has 0 radical (unpaired) electrons. The van der Waals surface area contributed by atoms with Crippen LogP contribution in [0, 0.1) is 12.8 Å². The molecule has 2 atom stereocenters. The van der Waals surface area contributed by atoms with E-state index in [-0.39, 0.29) is 5.91 Å². The summed E-state index contributed by atoms with van der Waals surface area (Å²) in [6.07, 6.45) is 7.52. The van der Waals surface area contributed by atoms with E-state index >= 15 is 0 Å². The Bertz CT molecular complexity index is 736. The Balaban J connectivity index is 1.60. The van der Waals surface area contributed by atoms with Crippen molar-refractivity contribution >= 4 is 5.91 Å². The lowest BCUT2D eigenvalue weighted by atomic mass is 9.85. The second kappa shape index (κ2) is 8.08. The van der Waals surface area contributed by atoms with Crippen molar-refractivity contribution in [3.05, 3.63) is 41.6 Å². The van der Waals surface area contributed by atoms with Crippen molar-refractivity contribution in [2.24, 2.45) is 13.0 Å². The molecule has 0 bridgehead atoms. The number of hydrogen-bond donors (Lipinski definition) is 0. The lowest BCUT2D eigenvalue weighted by Crippen LogP contribution is -2.42. The smallest absolute Gasteiger partial charge is 0.222 e. The number of likely N-dealkylation sites (tertiary alicyclic amines) is 1. The summed E-state index contributed by atoms with van der Waals surface area (Å²) in [6, 6.07) is 4.22. The van der Waals surface area contributed by atoms with Gasteiger partial charge in [-0.15, -0.1) is 0 Å². The summed E-state index contributed by atoms with van der Waals surface area (Å²) in [5.41, 5.74) is 1.24. The van der Waals surface area contributed by atoms with Gasteiger partial charge in [-0.1, -0.05) is 0 Å². The number of amides is 1. The number of piperidine rings is 1. The van der Waals surface area contributed by atoms with Gasteiger partial charge in [-0.3, -0.25) is 14.4 Å². The minimum absolute atomic E-state index is 0.178. The van der Waals surface area contributed by atoms with Crippen molar-refractivity contribution < 1.29 is 9.21 Å². The minimum atomic E-state index is 0.178. The molecule has 1 fully saturated rings. The predicted octanol–water partition coefficient (Wildman–Crippen LogP) is 2.80. The second-order valence-electron chi connectivity index (χ2n) is 7.56. The van der Waals surface area contributed by atoms with Gasteiger partial charge in [0.2, 0.25) is 5.91 Å². The molecule has 2 aromatic rings. The molecule has 0 spiro atoms. The molecule has 6 nitrogen and oxygen atoms in total. The highest BCUT2D eigenvalue weighted by molar-refractivity contribution is 5.76.